The third-order valence-electron chi connectivity index (χ3n) is 13.8. The summed E-state index contributed by atoms with van der Waals surface area (Å²) < 4.78 is 44.8. The van der Waals surface area contributed by atoms with Crippen molar-refractivity contribution in [2.75, 3.05) is 0 Å². The lowest BCUT2D eigenvalue weighted by molar-refractivity contribution is -0.137. The van der Waals surface area contributed by atoms with Gasteiger partial charge in [0.25, 0.3) is 0 Å². The first-order valence-corrected chi connectivity index (χ1v) is 26.2. The zero-order valence-corrected chi connectivity index (χ0v) is 40.7. The summed E-state index contributed by atoms with van der Waals surface area (Å²) in [5.74, 6) is 1.57. The molecule has 0 aliphatic heterocycles. The SMILES string of the molecule is Cc1cc(-c2ccc3c4ccccc4n(-c4ccc(-c5cccc([Si](c6ccccc6)(c6ccccc6)c6ccccc6)c5)c(-c5nc(-c6ccccc6)nc(-c6ccccc6)n5)c4)c3c2)cc(C(F)(F)F)c1. The van der Waals surface area contributed by atoms with Gasteiger partial charge in [0, 0.05) is 33.2 Å². The molecule has 0 atom stereocenters. The normalized spacial score (nSPS) is 11.8. The van der Waals surface area contributed by atoms with E-state index in [1.54, 1.807) is 6.92 Å². The quantitative estimate of drug-likeness (QED) is 0.101. The molecule has 0 unspecified atom stereocenters. The fourth-order valence-corrected chi connectivity index (χ4v) is 15.4. The molecule has 8 heteroatoms. The molecule has 0 fully saturated rings. The highest BCUT2D eigenvalue weighted by Crippen LogP contribution is 2.40. The summed E-state index contributed by atoms with van der Waals surface area (Å²) in [6.07, 6.45) is -4.48. The van der Waals surface area contributed by atoms with Crippen LogP contribution in [-0.4, -0.2) is 27.6 Å². The van der Waals surface area contributed by atoms with Crippen LogP contribution in [0, 0.1) is 6.92 Å². The lowest BCUT2D eigenvalue weighted by atomic mass is 9.97. The first-order chi connectivity index (χ1) is 35.7. The number of benzene rings is 10. The summed E-state index contributed by atoms with van der Waals surface area (Å²) in [7, 11) is -2.94. The monoisotopic (exact) mass is 966 g/mol. The fraction of sp³-hybridized carbons (Fsp3) is 0.0308. The minimum Gasteiger partial charge on any atom is -0.309 e. The molecule has 350 valence electrons. The van der Waals surface area contributed by atoms with Gasteiger partial charge in [-0.1, -0.05) is 218 Å². The minimum atomic E-state index is -4.48. The summed E-state index contributed by atoms with van der Waals surface area (Å²) in [6, 6.07) is 86.4. The van der Waals surface area contributed by atoms with Crippen LogP contribution in [0.15, 0.2) is 255 Å². The molecule has 10 aromatic carbocycles. The molecular formula is C65H45F3N4Si. The average Bonchev–Trinajstić information content (AvgIpc) is 3.78. The van der Waals surface area contributed by atoms with Crippen LogP contribution < -0.4 is 20.7 Å². The lowest BCUT2D eigenvalue weighted by Gasteiger charge is -2.34. The van der Waals surface area contributed by atoms with Crippen molar-refractivity contribution in [3.8, 4) is 62.1 Å². The predicted octanol–water partition coefficient (Wildman–Crippen LogP) is 14.0. The number of nitrogens with zero attached hydrogens (tertiary/aromatic N) is 4. The van der Waals surface area contributed by atoms with Gasteiger partial charge >= 0.3 is 6.18 Å². The van der Waals surface area contributed by atoms with Gasteiger partial charge < -0.3 is 4.57 Å². The molecule has 0 saturated heterocycles. The average molecular weight is 967 g/mol. The molecule has 0 aliphatic rings. The molecular weight excluding hydrogens is 922 g/mol. The molecule has 2 aromatic heterocycles. The van der Waals surface area contributed by atoms with Crippen LogP contribution >= 0.6 is 0 Å². The number of aromatic nitrogens is 4. The minimum absolute atomic E-state index is 0.494. The maximum atomic E-state index is 14.2. The Kier molecular flexibility index (Phi) is 11.5. The van der Waals surface area contributed by atoms with Gasteiger partial charge in [-0.25, -0.2) is 15.0 Å². The summed E-state index contributed by atoms with van der Waals surface area (Å²) in [6.45, 7) is 1.70. The van der Waals surface area contributed by atoms with E-state index in [4.69, 9.17) is 15.0 Å². The van der Waals surface area contributed by atoms with Crippen molar-refractivity contribution < 1.29 is 13.2 Å². The Morgan fingerprint density at radius 3 is 1.45 bits per heavy atom. The molecule has 0 saturated carbocycles. The van der Waals surface area contributed by atoms with Crippen molar-refractivity contribution in [1.82, 2.24) is 19.5 Å². The van der Waals surface area contributed by atoms with E-state index in [0.717, 1.165) is 55.3 Å². The molecule has 0 spiro atoms. The van der Waals surface area contributed by atoms with Gasteiger partial charge in [0.2, 0.25) is 0 Å². The Morgan fingerprint density at radius 1 is 0.356 bits per heavy atom. The van der Waals surface area contributed by atoms with E-state index >= 15 is 0 Å². The Morgan fingerprint density at radius 2 is 0.863 bits per heavy atom. The van der Waals surface area contributed by atoms with Gasteiger partial charge in [-0.15, -0.1) is 0 Å². The first-order valence-electron chi connectivity index (χ1n) is 24.2. The number of hydrogen-bond acceptors (Lipinski definition) is 3. The van der Waals surface area contributed by atoms with E-state index in [1.807, 2.05) is 97.1 Å². The highest BCUT2D eigenvalue weighted by atomic mass is 28.3. The molecule has 0 aliphatic carbocycles. The van der Waals surface area contributed by atoms with Crippen LogP contribution in [0.5, 0.6) is 0 Å². The number of rotatable bonds is 10. The third kappa shape index (κ3) is 8.31. The molecule has 0 N–H and O–H groups in total. The highest BCUT2D eigenvalue weighted by Gasteiger charge is 2.41. The summed E-state index contributed by atoms with van der Waals surface area (Å²) in [4.78, 5) is 15.7. The number of aryl methyl sites for hydroxylation is 1. The summed E-state index contributed by atoms with van der Waals surface area (Å²) in [5.41, 5.74) is 8.08. The molecule has 12 rings (SSSR count). The zero-order chi connectivity index (χ0) is 49.5. The van der Waals surface area contributed by atoms with Crippen LogP contribution in [0.1, 0.15) is 11.1 Å². The van der Waals surface area contributed by atoms with Crippen molar-refractivity contribution in [3.63, 3.8) is 0 Å². The smallest absolute Gasteiger partial charge is 0.309 e. The molecule has 0 radical (unpaired) electrons. The lowest BCUT2D eigenvalue weighted by Crippen LogP contribution is -2.74. The maximum absolute atomic E-state index is 14.2. The second-order valence-electron chi connectivity index (χ2n) is 18.4. The Bertz CT molecular complexity index is 3800. The fourth-order valence-electron chi connectivity index (χ4n) is 10.6. The van der Waals surface area contributed by atoms with Crippen molar-refractivity contribution >= 4 is 50.6 Å². The molecule has 12 aromatic rings. The van der Waals surface area contributed by atoms with Gasteiger partial charge in [0.1, 0.15) is 0 Å². The molecule has 0 amide bonds. The van der Waals surface area contributed by atoms with Crippen LogP contribution in [0.2, 0.25) is 0 Å². The van der Waals surface area contributed by atoms with E-state index in [1.165, 1.54) is 32.9 Å². The maximum Gasteiger partial charge on any atom is 0.416 e. The van der Waals surface area contributed by atoms with E-state index in [-0.39, 0.29) is 0 Å². The molecule has 4 nitrogen and oxygen atoms in total. The zero-order valence-electron chi connectivity index (χ0n) is 39.7. The van der Waals surface area contributed by atoms with Gasteiger partial charge in [-0.2, -0.15) is 13.2 Å². The standard InChI is InChI=1S/C65H45F3N4Si/c1-44-38-49(40-50(39-44)65(66,67)68)47-34-36-58-57-32-17-18-33-60(57)72(61(58)42-47)51-35-37-56(59(43-51)64-70-62(45-20-7-2-8-21-45)69-63(71-64)46-22-9-3-10-23-46)48-24-19-31-55(41-48)73(52-25-11-4-12-26-52,53-27-13-5-14-28-53)54-29-15-6-16-30-54/h2-43H,1H3. The van der Waals surface area contributed by atoms with E-state index < -0.39 is 19.8 Å². The Labute approximate surface area is 422 Å². The second kappa shape index (κ2) is 18.6. The van der Waals surface area contributed by atoms with Crippen LogP contribution in [-0.2, 0) is 6.18 Å². The van der Waals surface area contributed by atoms with Gasteiger partial charge in [-0.3, -0.25) is 0 Å². The number of para-hydroxylation sites is 1. The number of alkyl halides is 3. The van der Waals surface area contributed by atoms with Gasteiger partial charge in [0.15, 0.2) is 25.5 Å². The number of halogens is 3. The van der Waals surface area contributed by atoms with Crippen molar-refractivity contribution in [1.29, 1.82) is 0 Å². The first kappa shape index (κ1) is 45.2. The van der Waals surface area contributed by atoms with E-state index in [2.05, 4.69) is 150 Å². The topological polar surface area (TPSA) is 43.6 Å². The Balaban J connectivity index is 1.13. The van der Waals surface area contributed by atoms with Crippen LogP contribution in [0.4, 0.5) is 13.2 Å². The highest BCUT2D eigenvalue weighted by molar-refractivity contribution is 7.19. The summed E-state index contributed by atoms with van der Waals surface area (Å²) >= 11 is 0. The van der Waals surface area contributed by atoms with Crippen LogP contribution in [0.25, 0.3) is 83.9 Å². The molecule has 2 heterocycles. The van der Waals surface area contributed by atoms with Gasteiger partial charge in [0.05, 0.1) is 16.6 Å². The summed E-state index contributed by atoms with van der Waals surface area (Å²) in [5, 5.41) is 7.01. The van der Waals surface area contributed by atoms with Crippen LogP contribution in [0.3, 0.4) is 0 Å². The third-order valence-corrected chi connectivity index (χ3v) is 18.6. The van der Waals surface area contributed by atoms with Gasteiger partial charge in [-0.05, 0) is 91.9 Å². The predicted molar refractivity (Wildman–Crippen MR) is 295 cm³/mol. The largest absolute Gasteiger partial charge is 0.416 e. The van der Waals surface area contributed by atoms with Crippen molar-refractivity contribution in [2.24, 2.45) is 0 Å². The number of hydrogen-bond donors (Lipinski definition) is 0. The molecule has 73 heavy (non-hydrogen) atoms. The molecule has 0 bridgehead atoms. The van der Waals surface area contributed by atoms with E-state index in [9.17, 15) is 13.2 Å². The Hall–Kier alpha value is -8.98. The second-order valence-corrected chi connectivity index (χ2v) is 22.2. The van der Waals surface area contributed by atoms with E-state index in [0.29, 0.717) is 34.2 Å². The van der Waals surface area contributed by atoms with Crippen molar-refractivity contribution in [3.05, 3.63) is 266 Å². The number of fused-ring (bicyclic) bond motifs is 3. The van der Waals surface area contributed by atoms with Crippen molar-refractivity contribution in [2.45, 2.75) is 13.1 Å².